The van der Waals surface area contributed by atoms with E-state index in [9.17, 15) is 4.79 Å². The van der Waals surface area contributed by atoms with Gasteiger partial charge in [0.25, 0.3) is 0 Å². The molecule has 0 amide bonds. The molecule has 0 bridgehead atoms. The number of nitrogens with one attached hydrogen (secondary N) is 1. The van der Waals surface area contributed by atoms with Gasteiger partial charge in [0.05, 0.1) is 18.2 Å². The minimum atomic E-state index is -0.799. The standard InChI is InChI=1S/C15H17ClN2O2S/c1-9(17-8-7-13(19)20)15-18-14(10(2)21-15)11-3-5-12(16)6-4-11/h3-6,9,17H,7-8H2,1-2H3,(H,19,20). The summed E-state index contributed by atoms with van der Waals surface area (Å²) in [5.74, 6) is -0.799. The fourth-order valence-corrected chi connectivity index (χ4v) is 3.06. The van der Waals surface area contributed by atoms with Gasteiger partial charge >= 0.3 is 5.97 Å². The van der Waals surface area contributed by atoms with Gasteiger partial charge in [-0.05, 0) is 26.0 Å². The summed E-state index contributed by atoms with van der Waals surface area (Å²) in [4.78, 5) is 16.3. The predicted molar refractivity (Wildman–Crippen MR) is 86.0 cm³/mol. The average Bonchev–Trinajstić information content (AvgIpc) is 2.81. The van der Waals surface area contributed by atoms with E-state index in [1.165, 1.54) is 0 Å². The summed E-state index contributed by atoms with van der Waals surface area (Å²) in [5, 5.41) is 13.5. The zero-order valence-corrected chi connectivity index (χ0v) is 13.5. The Bertz CT molecular complexity index is 625. The highest BCUT2D eigenvalue weighted by molar-refractivity contribution is 7.12. The number of aliphatic carboxylic acids is 1. The van der Waals surface area contributed by atoms with Crippen LogP contribution in [0.3, 0.4) is 0 Å². The van der Waals surface area contributed by atoms with Crippen LogP contribution in [0.5, 0.6) is 0 Å². The smallest absolute Gasteiger partial charge is 0.304 e. The quantitative estimate of drug-likeness (QED) is 0.846. The number of nitrogens with zero attached hydrogens (tertiary/aromatic N) is 1. The molecular formula is C15H17ClN2O2S. The minimum absolute atomic E-state index is 0.0362. The number of thiazole rings is 1. The van der Waals surface area contributed by atoms with E-state index in [0.29, 0.717) is 11.6 Å². The maximum atomic E-state index is 10.5. The molecule has 1 unspecified atom stereocenters. The highest BCUT2D eigenvalue weighted by atomic mass is 35.5. The molecule has 0 aliphatic heterocycles. The van der Waals surface area contributed by atoms with E-state index in [4.69, 9.17) is 16.7 Å². The van der Waals surface area contributed by atoms with Crippen molar-refractivity contribution in [2.24, 2.45) is 0 Å². The molecule has 0 fully saturated rings. The van der Waals surface area contributed by atoms with Crippen molar-refractivity contribution in [3.63, 3.8) is 0 Å². The van der Waals surface area contributed by atoms with Crippen molar-refractivity contribution in [2.45, 2.75) is 26.3 Å². The molecule has 1 atom stereocenters. The van der Waals surface area contributed by atoms with Crippen LogP contribution in [0.1, 0.15) is 29.3 Å². The Morgan fingerprint density at radius 3 is 2.71 bits per heavy atom. The third-order valence-corrected chi connectivity index (χ3v) is 4.50. The Morgan fingerprint density at radius 1 is 1.43 bits per heavy atom. The first kappa shape index (κ1) is 15.9. The monoisotopic (exact) mass is 324 g/mol. The van der Waals surface area contributed by atoms with Gasteiger partial charge in [0.1, 0.15) is 5.01 Å². The van der Waals surface area contributed by atoms with Crippen LogP contribution in [0, 0.1) is 6.92 Å². The van der Waals surface area contributed by atoms with Crippen LogP contribution in [0.15, 0.2) is 24.3 Å². The molecule has 4 nitrogen and oxygen atoms in total. The Kier molecular flexibility index (Phi) is 5.33. The second-order valence-electron chi connectivity index (χ2n) is 4.78. The van der Waals surface area contributed by atoms with Gasteiger partial charge in [0.2, 0.25) is 0 Å². The van der Waals surface area contributed by atoms with Crippen molar-refractivity contribution in [2.75, 3.05) is 6.54 Å². The fraction of sp³-hybridized carbons (Fsp3) is 0.333. The van der Waals surface area contributed by atoms with Crippen molar-refractivity contribution >= 4 is 28.9 Å². The minimum Gasteiger partial charge on any atom is -0.481 e. The van der Waals surface area contributed by atoms with E-state index in [2.05, 4.69) is 10.3 Å². The lowest BCUT2D eigenvalue weighted by Gasteiger charge is -2.09. The van der Waals surface area contributed by atoms with E-state index < -0.39 is 5.97 Å². The molecular weight excluding hydrogens is 308 g/mol. The number of aromatic nitrogens is 1. The van der Waals surface area contributed by atoms with Crippen LogP contribution in [0.4, 0.5) is 0 Å². The van der Waals surface area contributed by atoms with Crippen LogP contribution in [-0.4, -0.2) is 22.6 Å². The summed E-state index contributed by atoms with van der Waals surface area (Å²) in [6, 6.07) is 7.65. The van der Waals surface area contributed by atoms with Crippen LogP contribution in [0.25, 0.3) is 11.3 Å². The molecule has 21 heavy (non-hydrogen) atoms. The number of rotatable bonds is 6. The highest BCUT2D eigenvalue weighted by Crippen LogP contribution is 2.31. The maximum Gasteiger partial charge on any atom is 0.304 e. The van der Waals surface area contributed by atoms with Crippen molar-refractivity contribution < 1.29 is 9.90 Å². The summed E-state index contributed by atoms with van der Waals surface area (Å²) < 4.78 is 0. The topological polar surface area (TPSA) is 62.2 Å². The Labute approximate surface area is 132 Å². The van der Waals surface area contributed by atoms with Crippen LogP contribution in [-0.2, 0) is 4.79 Å². The molecule has 2 N–H and O–H groups in total. The zero-order chi connectivity index (χ0) is 15.4. The number of carboxylic acid groups (broad SMARTS) is 1. The lowest BCUT2D eigenvalue weighted by atomic mass is 10.1. The number of halogens is 1. The first-order chi connectivity index (χ1) is 9.97. The Morgan fingerprint density at radius 2 is 2.10 bits per heavy atom. The zero-order valence-electron chi connectivity index (χ0n) is 11.9. The van der Waals surface area contributed by atoms with E-state index in [-0.39, 0.29) is 12.5 Å². The summed E-state index contributed by atoms with van der Waals surface area (Å²) >= 11 is 7.53. The van der Waals surface area contributed by atoms with E-state index in [1.807, 2.05) is 38.1 Å². The van der Waals surface area contributed by atoms with Gasteiger partial charge in [-0.1, -0.05) is 23.7 Å². The van der Waals surface area contributed by atoms with Gasteiger partial charge in [-0.3, -0.25) is 4.79 Å². The Balaban J connectivity index is 2.11. The van der Waals surface area contributed by atoms with Crippen molar-refractivity contribution in [1.29, 1.82) is 0 Å². The molecule has 0 aliphatic carbocycles. The SMILES string of the molecule is Cc1sc(C(C)NCCC(=O)O)nc1-c1ccc(Cl)cc1. The second kappa shape index (κ2) is 7.02. The lowest BCUT2D eigenvalue weighted by Crippen LogP contribution is -2.21. The highest BCUT2D eigenvalue weighted by Gasteiger charge is 2.14. The summed E-state index contributed by atoms with van der Waals surface area (Å²) in [7, 11) is 0. The van der Waals surface area contributed by atoms with Crippen molar-refractivity contribution in [1.82, 2.24) is 10.3 Å². The van der Waals surface area contributed by atoms with Crippen molar-refractivity contribution in [3.8, 4) is 11.3 Å². The molecule has 1 aromatic heterocycles. The fourth-order valence-electron chi connectivity index (χ4n) is 1.96. The number of benzene rings is 1. The molecule has 0 aliphatic rings. The summed E-state index contributed by atoms with van der Waals surface area (Å²) in [6.45, 7) is 4.46. The Hall–Kier alpha value is -1.43. The third kappa shape index (κ3) is 4.27. The second-order valence-corrected chi connectivity index (χ2v) is 6.45. The molecule has 2 aromatic rings. The third-order valence-electron chi connectivity index (χ3n) is 3.09. The molecule has 1 aromatic carbocycles. The normalized spacial score (nSPS) is 12.3. The largest absolute Gasteiger partial charge is 0.481 e. The number of carboxylic acids is 1. The van der Waals surface area contributed by atoms with E-state index in [1.54, 1.807) is 11.3 Å². The molecule has 0 radical (unpaired) electrons. The molecule has 0 saturated heterocycles. The molecule has 0 spiro atoms. The van der Waals surface area contributed by atoms with E-state index >= 15 is 0 Å². The predicted octanol–water partition coefficient (Wildman–Crippen LogP) is 3.90. The van der Waals surface area contributed by atoms with E-state index in [0.717, 1.165) is 21.1 Å². The first-order valence-corrected chi connectivity index (χ1v) is 7.85. The van der Waals surface area contributed by atoms with Crippen LogP contribution in [0.2, 0.25) is 5.02 Å². The van der Waals surface area contributed by atoms with Crippen LogP contribution < -0.4 is 5.32 Å². The van der Waals surface area contributed by atoms with Gasteiger partial charge in [-0.15, -0.1) is 11.3 Å². The lowest BCUT2D eigenvalue weighted by molar-refractivity contribution is -0.136. The van der Waals surface area contributed by atoms with Crippen LogP contribution >= 0.6 is 22.9 Å². The van der Waals surface area contributed by atoms with Gasteiger partial charge in [-0.25, -0.2) is 4.98 Å². The molecule has 0 saturated carbocycles. The van der Waals surface area contributed by atoms with Crippen molar-refractivity contribution in [3.05, 3.63) is 39.2 Å². The van der Waals surface area contributed by atoms with Gasteiger partial charge < -0.3 is 10.4 Å². The number of hydrogen-bond acceptors (Lipinski definition) is 4. The van der Waals surface area contributed by atoms with Gasteiger partial charge in [0.15, 0.2) is 0 Å². The van der Waals surface area contributed by atoms with Gasteiger partial charge in [-0.2, -0.15) is 0 Å². The number of hydrogen-bond donors (Lipinski definition) is 2. The molecule has 6 heteroatoms. The molecule has 2 rings (SSSR count). The number of aryl methyl sites for hydroxylation is 1. The summed E-state index contributed by atoms with van der Waals surface area (Å²) in [5.41, 5.74) is 2.00. The molecule has 112 valence electrons. The number of carbonyl (C=O) groups is 1. The maximum absolute atomic E-state index is 10.5. The average molecular weight is 325 g/mol. The van der Waals surface area contributed by atoms with Gasteiger partial charge in [0, 0.05) is 22.0 Å². The first-order valence-electron chi connectivity index (χ1n) is 6.66. The summed E-state index contributed by atoms with van der Waals surface area (Å²) in [6.07, 6.45) is 0.110. The molecule has 1 heterocycles.